The largest absolute Gasteiger partial charge is 0.359 e. The Morgan fingerprint density at radius 1 is 1.29 bits per heavy atom. The molecule has 0 amide bonds. The number of hydrogen-bond acceptors (Lipinski definition) is 2. The Morgan fingerprint density at radius 2 is 1.79 bits per heavy atom. The first-order chi connectivity index (χ1) is 6.45. The first-order valence-corrected chi connectivity index (χ1v) is 5.65. The molecule has 78 valence electrons. The van der Waals surface area contributed by atoms with E-state index in [0.29, 0.717) is 5.69 Å². The van der Waals surface area contributed by atoms with E-state index in [1.807, 2.05) is 19.1 Å². The summed E-state index contributed by atoms with van der Waals surface area (Å²) in [6.07, 6.45) is 0.899. The molecule has 0 unspecified atom stereocenters. The summed E-state index contributed by atoms with van der Waals surface area (Å²) in [5, 5.41) is 0. The molecule has 0 radical (unpaired) electrons. The fourth-order valence-corrected chi connectivity index (χ4v) is 1.46. The average Bonchev–Trinajstić information content (AvgIpc) is 2.15. The van der Waals surface area contributed by atoms with Gasteiger partial charge in [0.1, 0.15) is 0 Å². The normalized spacial score (nSPS) is 11.4. The molecule has 1 rings (SSSR count). The van der Waals surface area contributed by atoms with Crippen LogP contribution in [0, 0.1) is 0 Å². The zero-order valence-electron chi connectivity index (χ0n) is 8.14. The molecule has 0 aromatic heterocycles. The summed E-state index contributed by atoms with van der Waals surface area (Å²) >= 11 is 0. The minimum atomic E-state index is -4.14. The van der Waals surface area contributed by atoms with Gasteiger partial charge in [-0.1, -0.05) is 19.1 Å². The van der Waals surface area contributed by atoms with Gasteiger partial charge in [-0.15, -0.1) is 0 Å². The lowest BCUT2D eigenvalue weighted by Gasteiger charge is -2.14. The van der Waals surface area contributed by atoms with Gasteiger partial charge in [-0.25, -0.2) is 0 Å². The summed E-state index contributed by atoms with van der Waals surface area (Å²) < 4.78 is 31.1. The van der Waals surface area contributed by atoms with Crippen molar-refractivity contribution in [1.82, 2.24) is 0 Å². The van der Waals surface area contributed by atoms with Gasteiger partial charge in [-0.05, 0) is 24.1 Å². The fourth-order valence-electron chi connectivity index (χ4n) is 1.07. The molecule has 0 aliphatic heterocycles. The molecular formula is C9H13NO3S. The second-order valence-electron chi connectivity index (χ2n) is 2.97. The third-order valence-electron chi connectivity index (χ3n) is 2.05. The van der Waals surface area contributed by atoms with Gasteiger partial charge in [-0.2, -0.15) is 8.42 Å². The summed E-state index contributed by atoms with van der Waals surface area (Å²) in [5.74, 6) is 0. The quantitative estimate of drug-likeness (QED) is 0.777. The first kappa shape index (κ1) is 11.0. The minimum Gasteiger partial charge on any atom is -0.269 e. The molecule has 0 aliphatic rings. The van der Waals surface area contributed by atoms with Gasteiger partial charge in [0, 0.05) is 7.05 Å². The van der Waals surface area contributed by atoms with Gasteiger partial charge in [0.2, 0.25) is 0 Å². The highest BCUT2D eigenvalue weighted by Gasteiger charge is 2.13. The molecule has 0 saturated carbocycles. The second kappa shape index (κ2) is 3.98. The van der Waals surface area contributed by atoms with Gasteiger partial charge in [0.05, 0.1) is 5.69 Å². The molecule has 5 heteroatoms. The lowest BCUT2D eigenvalue weighted by Crippen LogP contribution is -2.25. The van der Waals surface area contributed by atoms with E-state index in [2.05, 4.69) is 0 Å². The van der Waals surface area contributed by atoms with Crippen LogP contribution in [0.4, 0.5) is 5.69 Å². The van der Waals surface area contributed by atoms with Crippen LogP contribution in [0.15, 0.2) is 24.3 Å². The van der Waals surface area contributed by atoms with E-state index in [1.54, 1.807) is 12.1 Å². The van der Waals surface area contributed by atoms with E-state index < -0.39 is 10.3 Å². The Labute approximate surface area is 84.1 Å². The van der Waals surface area contributed by atoms with Crippen LogP contribution < -0.4 is 4.31 Å². The van der Waals surface area contributed by atoms with E-state index in [-0.39, 0.29) is 0 Å². The lowest BCUT2D eigenvalue weighted by molar-refractivity contribution is 0.481. The predicted molar refractivity (Wildman–Crippen MR) is 55.8 cm³/mol. The topological polar surface area (TPSA) is 57.6 Å². The summed E-state index contributed by atoms with van der Waals surface area (Å²) in [4.78, 5) is 0. The molecule has 4 nitrogen and oxygen atoms in total. The van der Waals surface area contributed by atoms with Gasteiger partial charge >= 0.3 is 10.3 Å². The number of rotatable bonds is 3. The monoisotopic (exact) mass is 215 g/mol. The maximum atomic E-state index is 10.8. The van der Waals surface area contributed by atoms with Crippen molar-refractivity contribution >= 4 is 16.0 Å². The number of nitrogens with zero attached hydrogens (tertiary/aromatic N) is 1. The number of benzene rings is 1. The minimum absolute atomic E-state index is 0.449. The highest BCUT2D eigenvalue weighted by atomic mass is 32.2. The smallest absolute Gasteiger partial charge is 0.269 e. The van der Waals surface area contributed by atoms with Crippen LogP contribution in [-0.4, -0.2) is 20.0 Å². The fraction of sp³-hybridized carbons (Fsp3) is 0.333. The van der Waals surface area contributed by atoms with Crippen LogP contribution >= 0.6 is 0 Å². The summed E-state index contributed by atoms with van der Waals surface area (Å²) in [5.41, 5.74) is 1.57. The van der Waals surface area contributed by atoms with Crippen LogP contribution in [-0.2, 0) is 16.7 Å². The maximum Gasteiger partial charge on any atom is 0.359 e. The molecule has 0 atom stereocenters. The third-order valence-corrected chi connectivity index (χ3v) is 2.96. The van der Waals surface area contributed by atoms with Crippen LogP contribution in [0.25, 0.3) is 0 Å². The Hall–Kier alpha value is -1.07. The van der Waals surface area contributed by atoms with E-state index in [4.69, 9.17) is 4.55 Å². The Morgan fingerprint density at radius 3 is 2.14 bits per heavy atom. The summed E-state index contributed by atoms with van der Waals surface area (Å²) in [6, 6.07) is 6.98. The maximum absolute atomic E-state index is 10.8. The van der Waals surface area contributed by atoms with Crippen LogP contribution in [0.1, 0.15) is 12.5 Å². The molecule has 0 spiro atoms. The average molecular weight is 215 g/mol. The van der Waals surface area contributed by atoms with Crippen molar-refractivity contribution < 1.29 is 13.0 Å². The zero-order chi connectivity index (χ0) is 10.8. The molecular weight excluding hydrogens is 202 g/mol. The molecule has 1 N–H and O–H groups in total. The molecule has 0 bridgehead atoms. The lowest BCUT2D eigenvalue weighted by atomic mass is 10.1. The van der Waals surface area contributed by atoms with Crippen molar-refractivity contribution in [1.29, 1.82) is 0 Å². The van der Waals surface area contributed by atoms with Gasteiger partial charge in [-0.3, -0.25) is 8.86 Å². The SMILES string of the molecule is CCc1ccc(N(C)S(=O)(=O)O)cc1. The van der Waals surface area contributed by atoms with E-state index >= 15 is 0 Å². The van der Waals surface area contributed by atoms with Crippen molar-refractivity contribution in [3.63, 3.8) is 0 Å². The highest BCUT2D eigenvalue weighted by Crippen LogP contribution is 2.16. The molecule has 0 heterocycles. The molecule has 0 saturated heterocycles. The Kier molecular flexibility index (Phi) is 3.13. The highest BCUT2D eigenvalue weighted by molar-refractivity contribution is 7.87. The molecule has 0 aliphatic carbocycles. The van der Waals surface area contributed by atoms with Crippen molar-refractivity contribution in [2.75, 3.05) is 11.4 Å². The van der Waals surface area contributed by atoms with Crippen molar-refractivity contribution in [2.45, 2.75) is 13.3 Å². The van der Waals surface area contributed by atoms with Gasteiger partial charge in [0.25, 0.3) is 0 Å². The zero-order valence-corrected chi connectivity index (χ0v) is 8.95. The van der Waals surface area contributed by atoms with Crippen molar-refractivity contribution in [2.24, 2.45) is 0 Å². The third kappa shape index (κ3) is 2.46. The van der Waals surface area contributed by atoms with Crippen LogP contribution in [0.2, 0.25) is 0 Å². The predicted octanol–water partition coefficient (Wildman–Crippen LogP) is 1.49. The first-order valence-electron chi connectivity index (χ1n) is 4.25. The Balaban J connectivity index is 2.98. The molecule has 1 aromatic carbocycles. The number of hydrogen-bond donors (Lipinski definition) is 1. The van der Waals surface area contributed by atoms with Crippen LogP contribution in [0.5, 0.6) is 0 Å². The van der Waals surface area contributed by atoms with Gasteiger partial charge in [0.15, 0.2) is 0 Å². The number of aryl methyl sites for hydroxylation is 1. The molecule has 0 fully saturated rings. The van der Waals surface area contributed by atoms with E-state index in [9.17, 15) is 8.42 Å². The standard InChI is InChI=1S/C9H13NO3S/c1-3-8-4-6-9(7-5-8)10(2)14(11,12)13/h4-7H,3H2,1-2H3,(H,11,12,13). The number of anilines is 1. The van der Waals surface area contributed by atoms with Crippen molar-refractivity contribution in [3.05, 3.63) is 29.8 Å². The Bertz CT molecular complexity index is 397. The van der Waals surface area contributed by atoms with Crippen molar-refractivity contribution in [3.8, 4) is 0 Å². The second-order valence-corrected chi connectivity index (χ2v) is 4.41. The van der Waals surface area contributed by atoms with E-state index in [1.165, 1.54) is 7.05 Å². The molecule has 14 heavy (non-hydrogen) atoms. The van der Waals surface area contributed by atoms with Crippen LogP contribution in [0.3, 0.4) is 0 Å². The summed E-state index contributed by atoms with van der Waals surface area (Å²) in [7, 11) is -2.84. The summed E-state index contributed by atoms with van der Waals surface area (Å²) in [6.45, 7) is 2.02. The molecule has 1 aromatic rings. The van der Waals surface area contributed by atoms with Gasteiger partial charge < -0.3 is 0 Å². The van der Waals surface area contributed by atoms with E-state index in [0.717, 1.165) is 16.3 Å².